The highest BCUT2D eigenvalue weighted by molar-refractivity contribution is 5.78. The molecule has 6 heteroatoms. The molecule has 0 spiro atoms. The Balaban J connectivity index is 1.91. The molecule has 0 radical (unpaired) electrons. The Bertz CT molecular complexity index is 516. The van der Waals surface area contributed by atoms with E-state index in [1.807, 2.05) is 0 Å². The summed E-state index contributed by atoms with van der Waals surface area (Å²) in [5, 5.41) is 0. The van der Waals surface area contributed by atoms with Crippen LogP contribution in [0.25, 0.3) is 0 Å². The minimum atomic E-state index is -4.30. The van der Waals surface area contributed by atoms with Crippen LogP contribution in [0, 0.1) is 5.92 Å². The molecule has 1 fully saturated rings. The number of nitrogens with two attached hydrogens (primary N) is 1. The monoisotopic (exact) mass is 314 g/mol. The van der Waals surface area contributed by atoms with Crippen molar-refractivity contribution in [3.63, 3.8) is 0 Å². The van der Waals surface area contributed by atoms with E-state index < -0.39 is 11.7 Å². The number of benzene rings is 1. The van der Waals surface area contributed by atoms with E-state index >= 15 is 0 Å². The first-order valence-corrected chi connectivity index (χ1v) is 7.54. The van der Waals surface area contributed by atoms with Crippen LogP contribution >= 0.6 is 0 Å². The van der Waals surface area contributed by atoms with E-state index in [2.05, 4.69) is 0 Å². The van der Waals surface area contributed by atoms with Gasteiger partial charge in [0.15, 0.2) is 0 Å². The maximum Gasteiger partial charge on any atom is 0.416 e. The minimum Gasteiger partial charge on any atom is -0.341 e. The standard InChI is InChI=1S/C16H21F3N2O/c17-16(18,19)14-5-1-3-12(9-14)6-7-13-4-2-8-21(11-13)15(22)10-20/h1,3,5,9,13H,2,4,6-8,10-11,20H2/t13-/m1/s1. The van der Waals surface area contributed by atoms with Crippen molar-refractivity contribution in [3.8, 4) is 0 Å². The van der Waals surface area contributed by atoms with Gasteiger partial charge < -0.3 is 10.6 Å². The average molecular weight is 314 g/mol. The van der Waals surface area contributed by atoms with Crippen molar-refractivity contribution in [2.24, 2.45) is 11.7 Å². The third kappa shape index (κ3) is 4.47. The second-order valence-electron chi connectivity index (χ2n) is 5.79. The average Bonchev–Trinajstić information content (AvgIpc) is 2.52. The molecule has 1 aromatic rings. The van der Waals surface area contributed by atoms with E-state index in [0.717, 1.165) is 31.9 Å². The Hall–Kier alpha value is -1.56. The van der Waals surface area contributed by atoms with Crippen molar-refractivity contribution < 1.29 is 18.0 Å². The van der Waals surface area contributed by atoms with Gasteiger partial charge in [0.1, 0.15) is 0 Å². The predicted molar refractivity (Wildman–Crippen MR) is 78.1 cm³/mol. The molecule has 0 aliphatic carbocycles. The molecule has 1 atom stereocenters. The Morgan fingerprint density at radius 2 is 2.14 bits per heavy atom. The van der Waals surface area contributed by atoms with Gasteiger partial charge in [0, 0.05) is 13.1 Å². The Morgan fingerprint density at radius 3 is 2.82 bits per heavy atom. The molecule has 0 saturated carbocycles. The fourth-order valence-corrected chi connectivity index (χ4v) is 2.93. The molecule has 22 heavy (non-hydrogen) atoms. The number of halogens is 3. The quantitative estimate of drug-likeness (QED) is 0.929. The van der Waals surface area contributed by atoms with Gasteiger partial charge in [-0.2, -0.15) is 13.2 Å². The maximum atomic E-state index is 12.7. The number of likely N-dealkylation sites (tertiary alicyclic amines) is 1. The van der Waals surface area contributed by atoms with Gasteiger partial charge >= 0.3 is 6.18 Å². The van der Waals surface area contributed by atoms with Gasteiger partial charge in [-0.3, -0.25) is 4.79 Å². The molecule has 0 unspecified atom stereocenters. The van der Waals surface area contributed by atoms with Crippen molar-refractivity contribution in [1.29, 1.82) is 0 Å². The first-order chi connectivity index (χ1) is 10.4. The first kappa shape index (κ1) is 16.8. The van der Waals surface area contributed by atoms with Gasteiger partial charge in [-0.25, -0.2) is 0 Å². The molecule has 2 N–H and O–H groups in total. The first-order valence-electron chi connectivity index (χ1n) is 7.54. The number of amides is 1. The fraction of sp³-hybridized carbons (Fsp3) is 0.562. The zero-order chi connectivity index (χ0) is 16.2. The molecule has 1 saturated heterocycles. The molecule has 122 valence electrons. The Morgan fingerprint density at radius 1 is 1.36 bits per heavy atom. The van der Waals surface area contributed by atoms with Crippen molar-refractivity contribution >= 4 is 5.91 Å². The predicted octanol–water partition coefficient (Wildman–Crippen LogP) is 2.84. The summed E-state index contributed by atoms with van der Waals surface area (Å²) in [7, 11) is 0. The van der Waals surface area contributed by atoms with Crippen LogP contribution in [0.5, 0.6) is 0 Å². The van der Waals surface area contributed by atoms with Crippen molar-refractivity contribution in [2.75, 3.05) is 19.6 Å². The summed E-state index contributed by atoms with van der Waals surface area (Å²) in [6.45, 7) is 1.41. The molecule has 0 bridgehead atoms. The van der Waals surface area contributed by atoms with E-state index in [4.69, 9.17) is 5.73 Å². The topological polar surface area (TPSA) is 46.3 Å². The van der Waals surface area contributed by atoms with Gasteiger partial charge in [0.05, 0.1) is 12.1 Å². The zero-order valence-electron chi connectivity index (χ0n) is 12.4. The largest absolute Gasteiger partial charge is 0.416 e. The molecule has 1 heterocycles. The van der Waals surface area contributed by atoms with Crippen LogP contribution in [-0.2, 0) is 17.4 Å². The summed E-state index contributed by atoms with van der Waals surface area (Å²) in [4.78, 5) is 13.4. The van der Waals surface area contributed by atoms with Gasteiger partial charge in [0.2, 0.25) is 5.91 Å². The molecule has 1 aliphatic rings. The lowest BCUT2D eigenvalue weighted by Gasteiger charge is -2.32. The highest BCUT2D eigenvalue weighted by Crippen LogP contribution is 2.30. The second kappa shape index (κ2) is 7.13. The van der Waals surface area contributed by atoms with Crippen molar-refractivity contribution in [2.45, 2.75) is 31.9 Å². The van der Waals surface area contributed by atoms with E-state index in [1.54, 1.807) is 11.0 Å². The molecule has 2 rings (SSSR count). The van der Waals surface area contributed by atoms with Gasteiger partial charge in [-0.1, -0.05) is 18.2 Å². The number of nitrogens with zero attached hydrogens (tertiary/aromatic N) is 1. The molecular weight excluding hydrogens is 293 g/mol. The van der Waals surface area contributed by atoms with Gasteiger partial charge in [-0.15, -0.1) is 0 Å². The smallest absolute Gasteiger partial charge is 0.341 e. The van der Waals surface area contributed by atoms with E-state index in [-0.39, 0.29) is 12.5 Å². The number of carbonyl (C=O) groups excluding carboxylic acids is 1. The van der Waals surface area contributed by atoms with E-state index in [9.17, 15) is 18.0 Å². The summed E-state index contributed by atoms with van der Waals surface area (Å²) in [5.74, 6) is 0.280. The SMILES string of the molecule is NCC(=O)N1CCC[C@H](CCc2cccc(C(F)(F)F)c2)C1. The highest BCUT2D eigenvalue weighted by atomic mass is 19.4. The number of hydrogen-bond acceptors (Lipinski definition) is 2. The van der Waals surface area contributed by atoms with Gasteiger partial charge in [0.25, 0.3) is 0 Å². The third-order valence-electron chi connectivity index (χ3n) is 4.14. The molecule has 1 amide bonds. The molecule has 0 aromatic heterocycles. The summed E-state index contributed by atoms with van der Waals surface area (Å²) in [5.41, 5.74) is 5.46. The fourth-order valence-electron chi connectivity index (χ4n) is 2.93. The molecular formula is C16H21F3N2O. The Labute approximate surface area is 128 Å². The lowest BCUT2D eigenvalue weighted by molar-refractivity contribution is -0.137. The van der Waals surface area contributed by atoms with Crippen LogP contribution in [0.2, 0.25) is 0 Å². The molecule has 1 aliphatic heterocycles. The van der Waals surface area contributed by atoms with E-state index in [0.29, 0.717) is 24.4 Å². The summed E-state index contributed by atoms with van der Waals surface area (Å²) >= 11 is 0. The van der Waals surface area contributed by atoms with Gasteiger partial charge in [-0.05, 0) is 43.2 Å². The molecule has 1 aromatic carbocycles. The number of carbonyl (C=O) groups is 1. The van der Waals surface area contributed by atoms with Crippen LogP contribution < -0.4 is 5.73 Å². The summed E-state index contributed by atoms with van der Waals surface area (Å²) in [6.07, 6.45) is -0.980. The van der Waals surface area contributed by atoms with Crippen LogP contribution in [-0.4, -0.2) is 30.4 Å². The van der Waals surface area contributed by atoms with E-state index in [1.165, 1.54) is 12.1 Å². The number of alkyl halides is 3. The van der Waals surface area contributed by atoms with Crippen molar-refractivity contribution in [3.05, 3.63) is 35.4 Å². The lowest BCUT2D eigenvalue weighted by atomic mass is 9.91. The summed E-state index contributed by atoms with van der Waals surface area (Å²) in [6, 6.07) is 5.47. The minimum absolute atomic E-state index is 0.0142. The number of piperidine rings is 1. The Kier molecular flexibility index (Phi) is 5.45. The third-order valence-corrected chi connectivity index (χ3v) is 4.14. The number of hydrogen-bond donors (Lipinski definition) is 1. The lowest BCUT2D eigenvalue weighted by Crippen LogP contribution is -2.42. The number of rotatable bonds is 4. The maximum absolute atomic E-state index is 12.7. The highest BCUT2D eigenvalue weighted by Gasteiger charge is 2.30. The second-order valence-corrected chi connectivity index (χ2v) is 5.79. The normalized spacial score (nSPS) is 19.3. The number of aryl methyl sites for hydroxylation is 1. The van der Waals surface area contributed by atoms with Crippen LogP contribution in [0.3, 0.4) is 0 Å². The van der Waals surface area contributed by atoms with Crippen LogP contribution in [0.1, 0.15) is 30.4 Å². The van der Waals surface area contributed by atoms with Crippen LogP contribution in [0.4, 0.5) is 13.2 Å². The van der Waals surface area contributed by atoms with Crippen LogP contribution in [0.15, 0.2) is 24.3 Å². The molecule has 3 nitrogen and oxygen atoms in total. The van der Waals surface area contributed by atoms with Crippen molar-refractivity contribution in [1.82, 2.24) is 4.90 Å². The summed E-state index contributed by atoms with van der Waals surface area (Å²) < 4.78 is 38.1. The zero-order valence-corrected chi connectivity index (χ0v) is 12.4.